The van der Waals surface area contributed by atoms with Gasteiger partial charge in [-0.05, 0) is 42.7 Å². The Bertz CT molecular complexity index is 1580. The number of methoxy groups -OCH3 is 1. The first-order valence-corrected chi connectivity index (χ1v) is 13.3. The Kier molecular flexibility index (Phi) is 6.66. The maximum atomic E-state index is 15.6. The molecule has 4 heterocycles. The molecule has 0 radical (unpaired) electrons. The van der Waals surface area contributed by atoms with E-state index in [4.69, 9.17) is 9.47 Å². The Hall–Kier alpha value is -3.85. The van der Waals surface area contributed by atoms with Gasteiger partial charge in [-0.15, -0.1) is 8.78 Å². The lowest BCUT2D eigenvalue weighted by molar-refractivity contribution is -0.286. The largest absolute Gasteiger partial charge is 0.586 e. The lowest BCUT2D eigenvalue weighted by Crippen LogP contribution is -2.33. The number of alkyl halides is 2. The summed E-state index contributed by atoms with van der Waals surface area (Å²) in [5.41, 5.74) is 0.611. The van der Waals surface area contributed by atoms with Crippen LogP contribution in [0.3, 0.4) is 0 Å². The number of rotatable bonds is 7. The molecule has 11 nitrogen and oxygen atoms in total. The van der Waals surface area contributed by atoms with E-state index in [1.165, 1.54) is 43.0 Å². The molecule has 39 heavy (non-hydrogen) atoms. The number of hydrogen-bond acceptors (Lipinski definition) is 9. The van der Waals surface area contributed by atoms with Crippen molar-refractivity contribution < 1.29 is 45.3 Å². The summed E-state index contributed by atoms with van der Waals surface area (Å²) < 4.78 is 90.7. The van der Waals surface area contributed by atoms with Crippen LogP contribution in [-0.4, -0.2) is 55.2 Å². The number of ether oxygens (including phenoxy) is 4. The number of carbonyl (C=O) groups is 1. The number of halogens is 3. The van der Waals surface area contributed by atoms with Crippen molar-refractivity contribution in [2.45, 2.75) is 50.7 Å². The van der Waals surface area contributed by atoms with Gasteiger partial charge in [-0.25, -0.2) is 18.8 Å². The van der Waals surface area contributed by atoms with Crippen LogP contribution in [-0.2, 0) is 38.9 Å². The minimum atomic E-state index is -4.36. The molecule has 2 aliphatic heterocycles. The zero-order valence-corrected chi connectivity index (χ0v) is 21.8. The van der Waals surface area contributed by atoms with Crippen molar-refractivity contribution in [3.63, 3.8) is 0 Å². The van der Waals surface area contributed by atoms with Crippen LogP contribution in [0.1, 0.15) is 23.7 Å². The number of aromatic nitrogens is 3. The van der Waals surface area contributed by atoms with Crippen molar-refractivity contribution in [2.24, 2.45) is 0 Å². The number of fused-ring (bicyclic) bond motifs is 2. The van der Waals surface area contributed by atoms with Crippen LogP contribution in [0.2, 0.25) is 0 Å². The average molecular weight is 569 g/mol. The highest BCUT2D eigenvalue weighted by molar-refractivity contribution is 7.90. The van der Waals surface area contributed by atoms with Crippen molar-refractivity contribution in [3.8, 4) is 28.6 Å². The normalized spacial score (nSPS) is 17.4. The number of sulfonamides is 1. The van der Waals surface area contributed by atoms with Gasteiger partial charge >= 0.3 is 6.29 Å². The minimum absolute atomic E-state index is 0.129. The van der Waals surface area contributed by atoms with E-state index in [1.807, 2.05) is 4.72 Å². The predicted molar refractivity (Wildman–Crippen MR) is 128 cm³/mol. The zero-order chi connectivity index (χ0) is 28.1. The van der Waals surface area contributed by atoms with Gasteiger partial charge in [-0.3, -0.25) is 4.79 Å². The molecule has 2 aromatic heterocycles. The van der Waals surface area contributed by atoms with Crippen LogP contribution in [0.15, 0.2) is 29.3 Å². The molecule has 15 heteroatoms. The average Bonchev–Trinajstić information content (AvgIpc) is 3.44. The van der Waals surface area contributed by atoms with Crippen LogP contribution < -0.4 is 18.9 Å². The fourth-order valence-electron chi connectivity index (χ4n) is 4.39. The van der Waals surface area contributed by atoms with Gasteiger partial charge in [0.15, 0.2) is 17.3 Å². The molecule has 1 atom stereocenters. The second-order valence-electron chi connectivity index (χ2n) is 8.88. The van der Waals surface area contributed by atoms with E-state index in [1.54, 1.807) is 6.92 Å². The second kappa shape index (κ2) is 9.72. The van der Waals surface area contributed by atoms with E-state index in [2.05, 4.69) is 19.6 Å². The monoisotopic (exact) mass is 568 g/mol. The van der Waals surface area contributed by atoms with Crippen LogP contribution in [0.4, 0.5) is 13.2 Å². The summed E-state index contributed by atoms with van der Waals surface area (Å²) in [6, 6.07) is 4.95. The summed E-state index contributed by atoms with van der Waals surface area (Å²) in [6.45, 7) is 3.69. The number of benzene rings is 1. The summed E-state index contributed by atoms with van der Waals surface area (Å²) >= 11 is 0. The molecule has 1 N–H and O–H groups in total. The number of aryl methyl sites for hydroxylation is 1. The van der Waals surface area contributed by atoms with Crippen molar-refractivity contribution in [1.82, 2.24) is 19.5 Å². The van der Waals surface area contributed by atoms with Gasteiger partial charge < -0.3 is 18.9 Å². The lowest BCUT2D eigenvalue weighted by Gasteiger charge is -2.22. The Balaban J connectivity index is 1.38. The number of nitrogens with zero attached hydrogens (tertiary/aromatic N) is 3. The van der Waals surface area contributed by atoms with Crippen LogP contribution in [0.5, 0.6) is 17.4 Å². The quantitative estimate of drug-likeness (QED) is 0.457. The zero-order valence-electron chi connectivity index (χ0n) is 21.0. The number of nitrogens with one attached hydrogen (secondary N) is 1. The minimum Gasteiger partial charge on any atom is -0.475 e. The summed E-state index contributed by atoms with van der Waals surface area (Å²) in [4.78, 5) is 17.0. The Morgan fingerprint density at radius 1 is 1.23 bits per heavy atom. The first kappa shape index (κ1) is 26.7. The molecule has 0 saturated carbocycles. The number of amides is 1. The van der Waals surface area contributed by atoms with Gasteiger partial charge in [0, 0.05) is 24.4 Å². The molecule has 1 unspecified atom stereocenters. The van der Waals surface area contributed by atoms with Crippen molar-refractivity contribution in [3.05, 3.63) is 46.9 Å². The fraction of sp³-hybridized carbons (Fsp3) is 0.375. The summed E-state index contributed by atoms with van der Waals surface area (Å²) in [5, 5.41) is 3.58. The number of hydrogen-bond donors (Lipinski definition) is 1. The smallest absolute Gasteiger partial charge is 0.475 e. The summed E-state index contributed by atoms with van der Waals surface area (Å²) in [6.07, 6.45) is -4.47. The Morgan fingerprint density at radius 2 is 1.97 bits per heavy atom. The van der Waals surface area contributed by atoms with E-state index < -0.39 is 39.5 Å². The molecule has 0 fully saturated rings. The van der Waals surface area contributed by atoms with Crippen LogP contribution in [0, 0.1) is 12.7 Å². The number of carbonyl (C=O) groups excluding carboxylic acids is 1. The molecule has 1 amide bonds. The van der Waals surface area contributed by atoms with E-state index >= 15 is 4.39 Å². The van der Waals surface area contributed by atoms with Gasteiger partial charge in [0.25, 0.3) is 10.0 Å². The molecular formula is C24H23F3N4O7S. The van der Waals surface area contributed by atoms with E-state index in [-0.39, 0.29) is 71.1 Å². The molecule has 0 bridgehead atoms. The first-order chi connectivity index (χ1) is 18.4. The standard InChI is InChI=1S/C24H23F3N4O7S/c1-4-15-16(8-19(32)30-39(33,34)20-9-21-31(29-20)10-14(35-3)11-36-21)12(2)28-23(22(15)25)13-5-6-17-18(7-13)38-24(26,27)37-17/h5-7,9,14H,4,8,10-11H2,1-3H3,(H,30,32). The number of pyridine rings is 1. The van der Waals surface area contributed by atoms with Gasteiger partial charge in [0.1, 0.15) is 18.4 Å². The van der Waals surface area contributed by atoms with E-state index in [9.17, 15) is 22.0 Å². The van der Waals surface area contributed by atoms with E-state index in [0.717, 1.165) is 0 Å². The first-order valence-electron chi connectivity index (χ1n) is 11.8. The van der Waals surface area contributed by atoms with Gasteiger partial charge in [0.2, 0.25) is 16.8 Å². The second-order valence-corrected chi connectivity index (χ2v) is 10.5. The van der Waals surface area contributed by atoms with Crippen LogP contribution >= 0.6 is 0 Å². The molecule has 3 aromatic rings. The summed E-state index contributed by atoms with van der Waals surface area (Å²) in [5.74, 6) is -1.95. The highest BCUT2D eigenvalue weighted by atomic mass is 32.2. The molecular weight excluding hydrogens is 545 g/mol. The maximum absolute atomic E-state index is 15.6. The van der Waals surface area contributed by atoms with Crippen molar-refractivity contribution in [1.29, 1.82) is 0 Å². The van der Waals surface area contributed by atoms with Gasteiger partial charge in [0.05, 0.1) is 13.0 Å². The lowest BCUT2D eigenvalue weighted by atomic mass is 9.97. The van der Waals surface area contributed by atoms with Gasteiger partial charge in [-0.2, -0.15) is 13.5 Å². The molecule has 5 rings (SSSR count). The third-order valence-electron chi connectivity index (χ3n) is 6.29. The summed E-state index contributed by atoms with van der Waals surface area (Å²) in [7, 11) is -2.87. The fourth-order valence-corrected chi connectivity index (χ4v) is 5.33. The van der Waals surface area contributed by atoms with Crippen LogP contribution in [0.25, 0.3) is 11.3 Å². The molecule has 2 aliphatic rings. The van der Waals surface area contributed by atoms with E-state index in [0.29, 0.717) is 0 Å². The molecule has 0 saturated heterocycles. The third-order valence-corrected chi connectivity index (χ3v) is 7.54. The third kappa shape index (κ3) is 5.11. The highest BCUT2D eigenvalue weighted by Crippen LogP contribution is 2.43. The molecule has 1 aromatic carbocycles. The SMILES string of the molecule is CCc1c(F)c(-c2ccc3c(c2)OC(F)(F)O3)nc(C)c1CC(=O)NS(=O)(=O)c1cc2n(n1)CC(OC)CO2. The van der Waals surface area contributed by atoms with Crippen molar-refractivity contribution in [2.75, 3.05) is 13.7 Å². The predicted octanol–water partition coefficient (Wildman–Crippen LogP) is 2.73. The maximum Gasteiger partial charge on any atom is 0.586 e. The molecule has 0 spiro atoms. The molecule has 0 aliphatic carbocycles. The van der Waals surface area contributed by atoms with Gasteiger partial charge in [-0.1, -0.05) is 6.92 Å². The topological polar surface area (TPSA) is 131 Å². The Morgan fingerprint density at radius 3 is 2.69 bits per heavy atom. The molecule has 208 valence electrons. The Labute approximate surface area is 220 Å². The highest BCUT2D eigenvalue weighted by Gasteiger charge is 2.43. The van der Waals surface area contributed by atoms with Crippen molar-refractivity contribution >= 4 is 15.9 Å².